The van der Waals surface area contributed by atoms with Gasteiger partial charge < -0.3 is 15.3 Å². The zero-order valence-corrected chi connectivity index (χ0v) is 13.2. The van der Waals surface area contributed by atoms with Crippen LogP contribution in [0.1, 0.15) is 30.3 Å². The smallest absolute Gasteiger partial charge is 0.326 e. The molecule has 2 amide bonds. The summed E-state index contributed by atoms with van der Waals surface area (Å²) in [6.07, 6.45) is 1.08. The number of hydrogen-bond donors (Lipinski definition) is 3. The molecule has 0 spiro atoms. The number of fused-ring (bicyclic) bond motifs is 1. The molecule has 1 fully saturated rings. The highest BCUT2D eigenvalue weighted by Gasteiger charge is 2.36. The Labute approximate surface area is 137 Å². The van der Waals surface area contributed by atoms with Crippen LogP contribution in [0, 0.1) is 0 Å². The summed E-state index contributed by atoms with van der Waals surface area (Å²) in [6.45, 7) is 1.94. The van der Waals surface area contributed by atoms with E-state index in [1.807, 2.05) is 6.07 Å². The Bertz CT molecular complexity index is 800. The van der Waals surface area contributed by atoms with Gasteiger partial charge in [0.1, 0.15) is 12.1 Å². The molecule has 0 radical (unpaired) electrons. The molecule has 0 bridgehead atoms. The van der Waals surface area contributed by atoms with E-state index < -0.39 is 29.9 Å². The van der Waals surface area contributed by atoms with E-state index in [-0.39, 0.29) is 5.69 Å². The second-order valence-corrected chi connectivity index (χ2v) is 5.84. The van der Waals surface area contributed by atoms with Gasteiger partial charge in [0.2, 0.25) is 5.91 Å². The Hall–Kier alpha value is -2.90. The molecule has 1 aromatic heterocycles. The van der Waals surface area contributed by atoms with Gasteiger partial charge in [0.15, 0.2) is 5.69 Å². The maximum Gasteiger partial charge on any atom is 0.326 e. The lowest BCUT2D eigenvalue weighted by Crippen LogP contribution is -2.50. The third kappa shape index (κ3) is 2.82. The van der Waals surface area contributed by atoms with Crippen LogP contribution in [0.2, 0.25) is 0 Å². The molecule has 0 saturated carbocycles. The van der Waals surface area contributed by atoms with Crippen LogP contribution in [0.4, 0.5) is 0 Å². The van der Waals surface area contributed by atoms with Crippen LogP contribution >= 0.6 is 0 Å². The third-order valence-corrected chi connectivity index (χ3v) is 4.22. The molecule has 0 aliphatic carbocycles. The van der Waals surface area contributed by atoms with Crippen LogP contribution in [0.5, 0.6) is 0 Å². The summed E-state index contributed by atoms with van der Waals surface area (Å²) in [7, 11) is 0. The van der Waals surface area contributed by atoms with E-state index in [1.54, 1.807) is 25.1 Å². The first-order valence-electron chi connectivity index (χ1n) is 7.76. The maximum absolute atomic E-state index is 12.4. The summed E-state index contributed by atoms with van der Waals surface area (Å²) in [4.78, 5) is 37.3. The summed E-state index contributed by atoms with van der Waals surface area (Å²) in [5.41, 5.74) is 0.938. The summed E-state index contributed by atoms with van der Waals surface area (Å²) in [5.74, 6) is -1.88. The lowest BCUT2D eigenvalue weighted by Gasteiger charge is -2.25. The minimum absolute atomic E-state index is 0.210. The number of nitrogens with zero attached hydrogens (tertiary/aromatic N) is 2. The first-order valence-corrected chi connectivity index (χ1v) is 7.76. The van der Waals surface area contributed by atoms with Crippen molar-refractivity contribution in [3.8, 4) is 0 Å². The summed E-state index contributed by atoms with van der Waals surface area (Å²) in [5, 5.41) is 19.2. The number of aliphatic carboxylic acids is 1. The molecule has 2 aromatic rings. The van der Waals surface area contributed by atoms with E-state index in [0.29, 0.717) is 24.8 Å². The lowest BCUT2D eigenvalue weighted by molar-refractivity contribution is -0.148. The molecule has 1 aromatic carbocycles. The van der Waals surface area contributed by atoms with Gasteiger partial charge in [0, 0.05) is 11.9 Å². The molecule has 2 unspecified atom stereocenters. The van der Waals surface area contributed by atoms with Crippen LogP contribution < -0.4 is 5.32 Å². The fourth-order valence-electron chi connectivity index (χ4n) is 3.00. The quantitative estimate of drug-likeness (QED) is 0.765. The van der Waals surface area contributed by atoms with E-state index in [1.165, 1.54) is 4.90 Å². The molecule has 1 saturated heterocycles. The van der Waals surface area contributed by atoms with Gasteiger partial charge in [0.25, 0.3) is 5.91 Å². The molecule has 3 rings (SSSR count). The van der Waals surface area contributed by atoms with E-state index >= 15 is 0 Å². The van der Waals surface area contributed by atoms with E-state index in [9.17, 15) is 14.4 Å². The number of aromatic amines is 1. The Kier molecular flexibility index (Phi) is 4.20. The number of carboxylic acid groups (broad SMARTS) is 1. The number of carbonyl (C=O) groups excluding carboxylic acids is 2. The monoisotopic (exact) mass is 330 g/mol. The van der Waals surface area contributed by atoms with E-state index in [0.717, 1.165) is 5.52 Å². The SMILES string of the molecule is CC(NC(=O)c1n[nH]c2ccccc12)C(=O)N1CCCC1C(=O)O. The Balaban J connectivity index is 1.72. The average molecular weight is 330 g/mol. The fraction of sp³-hybridized carbons (Fsp3) is 0.375. The Morgan fingerprint density at radius 2 is 2.12 bits per heavy atom. The van der Waals surface area contributed by atoms with Gasteiger partial charge in [-0.2, -0.15) is 5.10 Å². The summed E-state index contributed by atoms with van der Waals surface area (Å²) < 4.78 is 0. The molecular weight excluding hydrogens is 312 g/mol. The third-order valence-electron chi connectivity index (χ3n) is 4.22. The number of nitrogens with one attached hydrogen (secondary N) is 2. The van der Waals surface area contributed by atoms with Crippen LogP contribution in [-0.2, 0) is 9.59 Å². The topological polar surface area (TPSA) is 115 Å². The minimum Gasteiger partial charge on any atom is -0.480 e. The predicted octanol–water partition coefficient (Wildman–Crippen LogP) is 0.757. The minimum atomic E-state index is -1.02. The zero-order valence-electron chi connectivity index (χ0n) is 13.2. The number of aromatic nitrogens is 2. The van der Waals surface area contributed by atoms with Gasteiger partial charge in [-0.05, 0) is 25.8 Å². The number of H-pyrrole nitrogens is 1. The van der Waals surface area contributed by atoms with Crippen molar-refractivity contribution < 1.29 is 19.5 Å². The molecule has 2 atom stereocenters. The second-order valence-electron chi connectivity index (χ2n) is 5.84. The molecule has 24 heavy (non-hydrogen) atoms. The molecule has 8 nitrogen and oxygen atoms in total. The Morgan fingerprint density at radius 1 is 1.38 bits per heavy atom. The molecule has 3 N–H and O–H groups in total. The highest BCUT2D eigenvalue weighted by Crippen LogP contribution is 2.19. The van der Waals surface area contributed by atoms with Crippen LogP contribution in [0.3, 0.4) is 0 Å². The number of carbonyl (C=O) groups is 3. The zero-order chi connectivity index (χ0) is 17.3. The number of hydrogen-bond acceptors (Lipinski definition) is 4. The predicted molar refractivity (Wildman–Crippen MR) is 85.4 cm³/mol. The van der Waals surface area contributed by atoms with E-state index in [2.05, 4.69) is 15.5 Å². The van der Waals surface area contributed by atoms with Gasteiger partial charge >= 0.3 is 5.97 Å². The highest BCUT2D eigenvalue weighted by molar-refractivity contribution is 6.06. The lowest BCUT2D eigenvalue weighted by atomic mass is 10.2. The van der Waals surface area contributed by atoms with Gasteiger partial charge in [-0.1, -0.05) is 18.2 Å². The Morgan fingerprint density at radius 3 is 2.88 bits per heavy atom. The molecule has 1 aliphatic heterocycles. The highest BCUT2D eigenvalue weighted by atomic mass is 16.4. The van der Waals surface area contributed by atoms with Gasteiger partial charge in [-0.3, -0.25) is 14.7 Å². The number of carboxylic acids is 1. The van der Waals surface area contributed by atoms with Gasteiger partial charge in [0.05, 0.1) is 5.52 Å². The van der Waals surface area contributed by atoms with Gasteiger partial charge in [-0.25, -0.2) is 4.79 Å². The second kappa shape index (κ2) is 6.31. The van der Waals surface area contributed by atoms with Crippen molar-refractivity contribution in [3.63, 3.8) is 0 Å². The molecule has 1 aliphatic rings. The molecule has 2 heterocycles. The first-order chi connectivity index (χ1) is 11.5. The average Bonchev–Trinajstić information content (AvgIpc) is 3.20. The number of likely N-dealkylation sites (tertiary alicyclic amines) is 1. The summed E-state index contributed by atoms with van der Waals surface area (Å²) >= 11 is 0. The molecule has 126 valence electrons. The van der Waals surface area contributed by atoms with Crippen molar-refractivity contribution in [2.24, 2.45) is 0 Å². The van der Waals surface area contributed by atoms with Gasteiger partial charge in [-0.15, -0.1) is 0 Å². The number of rotatable bonds is 4. The standard InChI is InChI=1S/C16H18N4O4/c1-9(15(22)20-8-4-7-12(20)16(23)24)17-14(21)13-10-5-2-3-6-11(10)18-19-13/h2-3,5-6,9,12H,4,7-8H2,1H3,(H,17,21)(H,18,19)(H,23,24). The number of amides is 2. The fourth-order valence-corrected chi connectivity index (χ4v) is 3.00. The van der Waals surface area contributed by atoms with Crippen LogP contribution in [-0.4, -0.2) is 56.6 Å². The van der Waals surface area contributed by atoms with Crippen molar-refractivity contribution in [2.45, 2.75) is 31.8 Å². The number of benzene rings is 1. The number of para-hydroxylation sites is 1. The van der Waals surface area contributed by atoms with E-state index in [4.69, 9.17) is 5.11 Å². The normalized spacial score (nSPS) is 18.5. The van der Waals surface area contributed by atoms with Crippen molar-refractivity contribution >= 4 is 28.7 Å². The van der Waals surface area contributed by atoms with Crippen LogP contribution in [0.15, 0.2) is 24.3 Å². The maximum atomic E-state index is 12.4. The molecule has 8 heteroatoms. The largest absolute Gasteiger partial charge is 0.480 e. The first kappa shape index (κ1) is 16.0. The van der Waals surface area contributed by atoms with Crippen molar-refractivity contribution in [1.82, 2.24) is 20.4 Å². The van der Waals surface area contributed by atoms with Crippen LogP contribution in [0.25, 0.3) is 10.9 Å². The summed E-state index contributed by atoms with van der Waals surface area (Å²) in [6, 6.07) is 5.55. The van der Waals surface area contributed by atoms with Crippen molar-refractivity contribution in [1.29, 1.82) is 0 Å². The van der Waals surface area contributed by atoms with Crippen molar-refractivity contribution in [3.05, 3.63) is 30.0 Å². The van der Waals surface area contributed by atoms with Crippen molar-refractivity contribution in [2.75, 3.05) is 6.54 Å². The molecular formula is C16H18N4O4.